The van der Waals surface area contributed by atoms with Gasteiger partial charge < -0.3 is 5.11 Å². The highest BCUT2D eigenvalue weighted by molar-refractivity contribution is 9.10. The monoisotopic (exact) mass is 197 g/mol. The summed E-state index contributed by atoms with van der Waals surface area (Å²) in [6.45, 7) is 2.66. The van der Waals surface area contributed by atoms with Crippen molar-refractivity contribution >= 4 is 15.9 Å². The van der Waals surface area contributed by atoms with Gasteiger partial charge in [0.25, 0.3) is 4.45 Å². The fourth-order valence-electron chi connectivity index (χ4n) is 0.153. The molecule has 0 aromatic rings. The number of halogens is 1. The smallest absolute Gasteiger partial charge is 0.296 e. The largest absolute Gasteiger partial charge is 0.385 e. The molecule has 54 valence electrons. The van der Waals surface area contributed by atoms with Crippen LogP contribution in [-0.4, -0.2) is 20.6 Å². The summed E-state index contributed by atoms with van der Waals surface area (Å²) < 4.78 is -1.41. The Labute approximate surface area is 61.1 Å². The van der Waals surface area contributed by atoms with E-state index in [4.69, 9.17) is 5.11 Å². The zero-order valence-corrected chi connectivity index (χ0v) is 6.75. The van der Waals surface area contributed by atoms with Crippen molar-refractivity contribution in [3.8, 4) is 0 Å². The second-order valence-corrected chi connectivity index (χ2v) is 3.56. The number of nitro groups is 1. The van der Waals surface area contributed by atoms with Crippen LogP contribution in [0.4, 0.5) is 0 Å². The minimum absolute atomic E-state index is 0.572. The van der Waals surface area contributed by atoms with Crippen molar-refractivity contribution in [2.75, 3.05) is 0 Å². The molecule has 0 fully saturated rings. The second kappa shape index (κ2) is 2.62. The molecule has 0 aliphatic carbocycles. The van der Waals surface area contributed by atoms with Gasteiger partial charge in [-0.3, -0.25) is 10.1 Å². The second-order valence-electron chi connectivity index (χ2n) is 1.96. The molecule has 0 amide bonds. The molecule has 0 aliphatic heterocycles. The summed E-state index contributed by atoms with van der Waals surface area (Å²) >= 11 is 2.76. The van der Waals surface area contributed by atoms with Gasteiger partial charge in [0.15, 0.2) is 0 Å². The molecule has 0 aromatic carbocycles. The van der Waals surface area contributed by atoms with Gasteiger partial charge in [-0.1, -0.05) is 0 Å². The van der Waals surface area contributed by atoms with Crippen LogP contribution in [-0.2, 0) is 0 Å². The van der Waals surface area contributed by atoms with E-state index in [9.17, 15) is 10.1 Å². The fourth-order valence-corrected chi connectivity index (χ4v) is 0.153. The van der Waals surface area contributed by atoms with E-state index in [1.54, 1.807) is 0 Å². The lowest BCUT2D eigenvalue weighted by atomic mass is 10.2. The van der Waals surface area contributed by atoms with E-state index in [0.717, 1.165) is 0 Å². The van der Waals surface area contributed by atoms with Crippen LogP contribution in [0.5, 0.6) is 0 Å². The molecule has 0 radical (unpaired) electrons. The molecule has 4 nitrogen and oxygen atoms in total. The van der Waals surface area contributed by atoms with E-state index in [-0.39, 0.29) is 0 Å². The minimum Gasteiger partial charge on any atom is -0.385 e. The minimum atomic E-state index is -1.41. The predicted molar refractivity (Wildman–Crippen MR) is 36.0 cm³/mol. The van der Waals surface area contributed by atoms with Crippen LogP contribution in [0.2, 0.25) is 0 Å². The molecular formula is C4H8BrNO3. The normalized spacial score (nSPS) is 20.4. The van der Waals surface area contributed by atoms with Gasteiger partial charge in [-0.2, -0.15) is 0 Å². The Balaban J connectivity index is 4.19. The first-order valence-corrected chi connectivity index (χ1v) is 3.19. The Hall–Kier alpha value is -0.160. The third kappa shape index (κ3) is 1.91. The van der Waals surface area contributed by atoms with E-state index in [2.05, 4.69) is 15.9 Å². The van der Waals surface area contributed by atoms with Crippen molar-refractivity contribution < 1.29 is 10.0 Å². The van der Waals surface area contributed by atoms with Gasteiger partial charge in [-0.25, -0.2) is 0 Å². The zero-order valence-electron chi connectivity index (χ0n) is 5.17. The van der Waals surface area contributed by atoms with Gasteiger partial charge >= 0.3 is 0 Å². The van der Waals surface area contributed by atoms with Gasteiger partial charge in [0.2, 0.25) is 0 Å². The molecule has 9 heavy (non-hydrogen) atoms. The lowest BCUT2D eigenvalue weighted by molar-refractivity contribution is -0.542. The maximum absolute atomic E-state index is 10.1. The molecule has 5 heteroatoms. The Morgan fingerprint density at radius 3 is 2.22 bits per heavy atom. The molecule has 2 unspecified atom stereocenters. The van der Waals surface area contributed by atoms with E-state index in [1.165, 1.54) is 13.8 Å². The summed E-state index contributed by atoms with van der Waals surface area (Å²) in [7, 11) is 0. The Morgan fingerprint density at radius 1 is 1.89 bits per heavy atom. The van der Waals surface area contributed by atoms with E-state index in [1.807, 2.05) is 0 Å². The summed E-state index contributed by atoms with van der Waals surface area (Å²) in [6, 6.07) is 0. The van der Waals surface area contributed by atoms with Gasteiger partial charge in [0.05, 0.1) is 0 Å². The topological polar surface area (TPSA) is 63.4 Å². The molecule has 1 N–H and O–H groups in total. The Bertz CT molecular complexity index is 123. The van der Waals surface area contributed by atoms with Crippen LogP contribution in [0, 0.1) is 10.1 Å². The van der Waals surface area contributed by atoms with Gasteiger partial charge in [-0.05, 0) is 6.92 Å². The van der Waals surface area contributed by atoms with Crippen molar-refractivity contribution in [3.05, 3.63) is 10.1 Å². The lowest BCUT2D eigenvalue weighted by Gasteiger charge is -2.15. The first kappa shape index (κ1) is 8.84. The number of alkyl halides is 1. The highest BCUT2D eigenvalue weighted by atomic mass is 79.9. The van der Waals surface area contributed by atoms with Gasteiger partial charge in [0, 0.05) is 27.8 Å². The highest BCUT2D eigenvalue weighted by Gasteiger charge is 2.39. The van der Waals surface area contributed by atoms with E-state index >= 15 is 0 Å². The summed E-state index contributed by atoms with van der Waals surface area (Å²) in [5, 5.41) is 18.8. The number of aliphatic hydroxyl groups is 1. The third-order valence-corrected chi connectivity index (χ3v) is 2.07. The molecule has 0 bridgehead atoms. The van der Waals surface area contributed by atoms with Crippen molar-refractivity contribution in [1.82, 2.24) is 0 Å². The predicted octanol–water partition coefficient (Wildman–Crippen LogP) is 0.755. The lowest BCUT2D eigenvalue weighted by Crippen LogP contribution is -2.38. The van der Waals surface area contributed by atoms with Crippen molar-refractivity contribution in [2.45, 2.75) is 24.4 Å². The number of hydrogen-bond acceptors (Lipinski definition) is 3. The van der Waals surface area contributed by atoms with Crippen LogP contribution in [0.15, 0.2) is 0 Å². The van der Waals surface area contributed by atoms with E-state index in [0.29, 0.717) is 0 Å². The molecule has 2 atom stereocenters. The number of hydrogen-bond donors (Lipinski definition) is 1. The average Bonchev–Trinajstić information content (AvgIpc) is 1.65. The summed E-state index contributed by atoms with van der Waals surface area (Å²) in [6.07, 6.45) is -0.993. The molecule has 0 saturated heterocycles. The first-order chi connectivity index (χ1) is 3.89. The highest BCUT2D eigenvalue weighted by Crippen LogP contribution is 2.21. The maximum Gasteiger partial charge on any atom is 0.296 e. The number of aliphatic hydroxyl groups excluding tert-OH is 1. The molecule has 0 saturated carbocycles. The quantitative estimate of drug-likeness (QED) is 0.308. The average molecular weight is 198 g/mol. The summed E-state index contributed by atoms with van der Waals surface area (Å²) in [4.78, 5) is 9.49. The van der Waals surface area contributed by atoms with Crippen LogP contribution >= 0.6 is 15.9 Å². The molecule has 0 aliphatic rings. The SMILES string of the molecule is CC(O)C(C)(Br)[N+](=O)[O-]. The van der Waals surface area contributed by atoms with Crippen LogP contribution in [0.1, 0.15) is 13.8 Å². The molecule has 0 aromatic heterocycles. The maximum atomic E-state index is 10.1. The van der Waals surface area contributed by atoms with Gasteiger partial charge in [-0.15, -0.1) is 0 Å². The Morgan fingerprint density at radius 2 is 2.22 bits per heavy atom. The van der Waals surface area contributed by atoms with Crippen LogP contribution in [0.25, 0.3) is 0 Å². The summed E-state index contributed by atoms with van der Waals surface area (Å²) in [5.74, 6) is 0. The Kier molecular flexibility index (Phi) is 2.57. The zero-order chi connectivity index (χ0) is 7.65. The molecule has 0 spiro atoms. The molecule has 0 heterocycles. The summed E-state index contributed by atoms with van der Waals surface area (Å²) in [5.41, 5.74) is 0. The number of nitrogens with zero attached hydrogens (tertiary/aromatic N) is 1. The van der Waals surface area contributed by atoms with Crippen molar-refractivity contribution in [2.24, 2.45) is 0 Å². The fraction of sp³-hybridized carbons (Fsp3) is 1.00. The molecule has 0 rings (SSSR count). The van der Waals surface area contributed by atoms with E-state index < -0.39 is 15.5 Å². The standard InChI is InChI=1S/C4H8BrNO3/c1-3(7)4(2,5)6(8)9/h3,7H,1-2H3. The first-order valence-electron chi connectivity index (χ1n) is 2.40. The third-order valence-electron chi connectivity index (χ3n) is 1.12. The van der Waals surface area contributed by atoms with Crippen molar-refractivity contribution in [1.29, 1.82) is 0 Å². The van der Waals surface area contributed by atoms with Crippen molar-refractivity contribution in [3.63, 3.8) is 0 Å². The van der Waals surface area contributed by atoms with Crippen LogP contribution in [0.3, 0.4) is 0 Å². The molecular weight excluding hydrogens is 190 g/mol. The number of rotatable bonds is 2. The van der Waals surface area contributed by atoms with Gasteiger partial charge in [0.1, 0.15) is 6.10 Å². The van der Waals surface area contributed by atoms with Crippen LogP contribution < -0.4 is 0 Å².